The van der Waals surface area contributed by atoms with E-state index in [-0.39, 0.29) is 17.3 Å². The van der Waals surface area contributed by atoms with Crippen LogP contribution in [0.15, 0.2) is 27.2 Å². The quantitative estimate of drug-likeness (QED) is 0.844. The van der Waals surface area contributed by atoms with E-state index < -0.39 is 0 Å². The highest BCUT2D eigenvalue weighted by atomic mass is 79.9. The molecular weight excluding hydrogens is 334 g/mol. The Morgan fingerprint density at radius 3 is 2.76 bits per heavy atom. The number of rotatable bonds is 3. The summed E-state index contributed by atoms with van der Waals surface area (Å²) < 4.78 is 11.4. The first-order chi connectivity index (χ1) is 9.98. The largest absolute Gasteiger partial charge is 0.496 e. The molecule has 1 aliphatic rings. The lowest BCUT2D eigenvalue weighted by Gasteiger charge is -2.03. The predicted molar refractivity (Wildman–Crippen MR) is 79.6 cm³/mol. The van der Waals surface area contributed by atoms with Crippen LogP contribution in [0.25, 0.3) is 11.4 Å². The number of nitriles is 1. The molecule has 0 radical (unpaired) electrons. The van der Waals surface area contributed by atoms with Crippen molar-refractivity contribution in [3.8, 4) is 23.2 Å². The highest BCUT2D eigenvalue weighted by Gasteiger charge is 2.62. The zero-order valence-electron chi connectivity index (χ0n) is 11.9. The summed E-state index contributed by atoms with van der Waals surface area (Å²) in [6.45, 7) is 4.08. The topological polar surface area (TPSA) is 71.9 Å². The van der Waals surface area contributed by atoms with Crippen LogP contribution in [0.5, 0.6) is 5.75 Å². The summed E-state index contributed by atoms with van der Waals surface area (Å²) >= 11 is 3.44. The normalized spacial score (nSPS) is 22.6. The molecule has 0 amide bonds. The molecule has 0 saturated heterocycles. The number of hydrogen-bond donors (Lipinski definition) is 0. The second-order valence-electron chi connectivity index (χ2n) is 5.71. The Hall–Kier alpha value is -1.87. The maximum atomic E-state index is 9.13. The molecule has 1 saturated carbocycles. The van der Waals surface area contributed by atoms with Gasteiger partial charge in [0.1, 0.15) is 5.75 Å². The first-order valence-corrected chi connectivity index (χ1v) is 7.35. The first kappa shape index (κ1) is 14.1. The van der Waals surface area contributed by atoms with Crippen molar-refractivity contribution >= 4 is 15.9 Å². The van der Waals surface area contributed by atoms with Gasteiger partial charge in [0.2, 0.25) is 11.7 Å². The number of benzene rings is 1. The standard InChI is InChI=1S/C15H14BrN3O2/c1-15(2)9(7-17)12(15)14-18-13(19-21-14)8-4-5-11(20-3)10(16)6-8/h4-6,9,12H,1-3H3. The van der Waals surface area contributed by atoms with Crippen LogP contribution in [-0.2, 0) is 0 Å². The molecule has 2 atom stereocenters. The van der Waals surface area contributed by atoms with Gasteiger partial charge in [-0.25, -0.2) is 0 Å². The summed E-state index contributed by atoms with van der Waals surface area (Å²) in [5.41, 5.74) is 0.739. The summed E-state index contributed by atoms with van der Waals surface area (Å²) in [5, 5.41) is 13.2. The van der Waals surface area contributed by atoms with Gasteiger partial charge in [0.25, 0.3) is 0 Å². The Kier molecular flexibility index (Phi) is 3.25. The minimum atomic E-state index is -0.0982. The Morgan fingerprint density at radius 2 is 2.19 bits per heavy atom. The summed E-state index contributed by atoms with van der Waals surface area (Å²) in [6, 6.07) is 7.90. The molecule has 1 heterocycles. The van der Waals surface area contributed by atoms with Crippen molar-refractivity contribution in [2.24, 2.45) is 11.3 Å². The van der Waals surface area contributed by atoms with Crippen molar-refractivity contribution in [1.29, 1.82) is 5.26 Å². The molecule has 0 bridgehead atoms. The van der Waals surface area contributed by atoms with Gasteiger partial charge in [0.15, 0.2) is 0 Å². The van der Waals surface area contributed by atoms with Gasteiger partial charge in [0, 0.05) is 5.56 Å². The van der Waals surface area contributed by atoms with Crippen LogP contribution in [0.1, 0.15) is 25.7 Å². The number of halogens is 1. The lowest BCUT2D eigenvalue weighted by molar-refractivity contribution is 0.368. The molecule has 5 nitrogen and oxygen atoms in total. The summed E-state index contributed by atoms with van der Waals surface area (Å²) in [4.78, 5) is 4.44. The maximum Gasteiger partial charge on any atom is 0.232 e. The number of nitrogens with zero attached hydrogens (tertiary/aromatic N) is 3. The number of hydrogen-bond acceptors (Lipinski definition) is 5. The van der Waals surface area contributed by atoms with Gasteiger partial charge >= 0.3 is 0 Å². The lowest BCUT2D eigenvalue weighted by atomic mass is 10.1. The molecule has 108 valence electrons. The summed E-state index contributed by atoms with van der Waals surface area (Å²) in [6.07, 6.45) is 0. The molecule has 3 rings (SSSR count). The number of methoxy groups -OCH3 is 1. The minimum Gasteiger partial charge on any atom is -0.496 e. The Bertz CT molecular complexity index is 733. The Labute approximate surface area is 131 Å². The molecular formula is C15H14BrN3O2. The van der Waals surface area contributed by atoms with Gasteiger partial charge in [-0.15, -0.1) is 0 Å². The molecule has 2 aromatic rings. The van der Waals surface area contributed by atoms with Crippen LogP contribution in [0.2, 0.25) is 0 Å². The molecule has 6 heteroatoms. The third-order valence-corrected chi connectivity index (χ3v) is 4.70. The van der Waals surface area contributed by atoms with E-state index in [1.165, 1.54) is 0 Å². The second-order valence-corrected chi connectivity index (χ2v) is 6.57. The van der Waals surface area contributed by atoms with Crippen molar-refractivity contribution in [2.45, 2.75) is 19.8 Å². The minimum absolute atomic E-state index is 0.0189. The fraction of sp³-hybridized carbons (Fsp3) is 0.400. The van der Waals surface area contributed by atoms with Gasteiger partial charge < -0.3 is 9.26 Å². The van der Waals surface area contributed by atoms with Crippen LogP contribution < -0.4 is 4.74 Å². The van der Waals surface area contributed by atoms with Crippen molar-refractivity contribution < 1.29 is 9.26 Å². The molecule has 21 heavy (non-hydrogen) atoms. The van der Waals surface area contributed by atoms with Crippen molar-refractivity contribution in [3.05, 3.63) is 28.6 Å². The average Bonchev–Trinajstić information content (AvgIpc) is 2.82. The molecule has 1 aliphatic carbocycles. The highest BCUT2D eigenvalue weighted by Crippen LogP contribution is 2.63. The zero-order valence-corrected chi connectivity index (χ0v) is 13.5. The lowest BCUT2D eigenvalue weighted by Crippen LogP contribution is -1.90. The first-order valence-electron chi connectivity index (χ1n) is 6.56. The fourth-order valence-electron chi connectivity index (χ4n) is 2.62. The van der Waals surface area contributed by atoms with Crippen LogP contribution >= 0.6 is 15.9 Å². The SMILES string of the molecule is COc1ccc(-c2noc(C3C(C#N)C3(C)C)n2)cc1Br. The smallest absolute Gasteiger partial charge is 0.232 e. The van der Waals surface area contributed by atoms with E-state index in [4.69, 9.17) is 14.5 Å². The predicted octanol–water partition coefficient (Wildman–Crippen LogP) is 3.77. The number of aromatic nitrogens is 2. The third-order valence-electron chi connectivity index (χ3n) is 4.08. The Morgan fingerprint density at radius 1 is 1.43 bits per heavy atom. The van der Waals surface area contributed by atoms with Gasteiger partial charge in [-0.3, -0.25) is 0 Å². The second kappa shape index (κ2) is 4.85. The summed E-state index contributed by atoms with van der Waals surface area (Å²) in [7, 11) is 1.61. The van der Waals surface area contributed by atoms with E-state index in [0.717, 1.165) is 15.8 Å². The van der Waals surface area contributed by atoms with Crippen LogP contribution in [0.3, 0.4) is 0 Å². The van der Waals surface area contributed by atoms with Crippen molar-refractivity contribution in [2.75, 3.05) is 7.11 Å². The molecule has 0 spiro atoms. The van der Waals surface area contributed by atoms with E-state index in [9.17, 15) is 0 Å². The molecule has 1 fully saturated rings. The zero-order chi connectivity index (χ0) is 15.2. The van der Waals surface area contributed by atoms with E-state index in [0.29, 0.717) is 11.7 Å². The molecule has 1 aromatic heterocycles. The Balaban J connectivity index is 1.90. The monoisotopic (exact) mass is 347 g/mol. The average molecular weight is 348 g/mol. The summed E-state index contributed by atoms with van der Waals surface area (Å²) in [5.74, 6) is 1.76. The molecule has 0 aliphatic heterocycles. The van der Waals surface area contributed by atoms with E-state index >= 15 is 0 Å². The highest BCUT2D eigenvalue weighted by molar-refractivity contribution is 9.10. The van der Waals surface area contributed by atoms with Crippen LogP contribution in [-0.4, -0.2) is 17.3 Å². The fourth-order valence-corrected chi connectivity index (χ4v) is 3.16. The van der Waals surface area contributed by atoms with E-state index in [1.54, 1.807) is 7.11 Å². The molecule has 2 unspecified atom stereocenters. The van der Waals surface area contributed by atoms with Gasteiger partial charge in [-0.05, 0) is 39.5 Å². The number of ether oxygens (including phenoxy) is 1. The van der Waals surface area contributed by atoms with Gasteiger partial charge in [-0.1, -0.05) is 19.0 Å². The third kappa shape index (κ3) is 2.22. The maximum absolute atomic E-state index is 9.13. The molecule has 1 aromatic carbocycles. The van der Waals surface area contributed by atoms with Crippen LogP contribution in [0, 0.1) is 22.7 Å². The van der Waals surface area contributed by atoms with E-state index in [2.05, 4.69) is 32.1 Å². The van der Waals surface area contributed by atoms with Crippen LogP contribution in [0.4, 0.5) is 0 Å². The van der Waals surface area contributed by atoms with Gasteiger partial charge in [-0.2, -0.15) is 10.2 Å². The van der Waals surface area contributed by atoms with Gasteiger partial charge in [0.05, 0.1) is 29.5 Å². The molecule has 0 N–H and O–H groups in total. The van der Waals surface area contributed by atoms with E-state index in [1.807, 2.05) is 32.0 Å². The van der Waals surface area contributed by atoms with Crippen molar-refractivity contribution in [3.63, 3.8) is 0 Å². The van der Waals surface area contributed by atoms with Crippen molar-refractivity contribution in [1.82, 2.24) is 10.1 Å².